The average molecular weight is 521 g/mol. The fourth-order valence-corrected chi connectivity index (χ4v) is 3.05. The van der Waals surface area contributed by atoms with Crippen molar-refractivity contribution >= 4 is 45.9 Å². The van der Waals surface area contributed by atoms with Crippen molar-refractivity contribution in [1.29, 1.82) is 0 Å². The molecule has 2 aromatic rings. The predicted octanol–water partition coefficient (Wildman–Crippen LogP) is 3.35. The summed E-state index contributed by atoms with van der Waals surface area (Å²) in [5, 5.41) is 6.61. The molecular formula is C17H22BrIN4O2. The van der Waals surface area contributed by atoms with Crippen molar-refractivity contribution < 1.29 is 9.47 Å². The smallest absolute Gasteiger partial charge is 0.231 e. The second kappa shape index (κ2) is 9.91. The number of aromatic nitrogens is 1. The van der Waals surface area contributed by atoms with Crippen LogP contribution < -0.4 is 20.1 Å². The van der Waals surface area contributed by atoms with Crippen molar-refractivity contribution in [2.45, 2.75) is 20.0 Å². The van der Waals surface area contributed by atoms with E-state index in [-0.39, 0.29) is 30.8 Å². The van der Waals surface area contributed by atoms with Gasteiger partial charge in [0.2, 0.25) is 6.79 Å². The third-order valence-electron chi connectivity index (χ3n) is 3.58. The first kappa shape index (κ1) is 19.9. The fraction of sp³-hybridized carbons (Fsp3) is 0.353. The Balaban J connectivity index is 0.00000225. The van der Waals surface area contributed by atoms with Gasteiger partial charge in [-0.05, 0) is 52.7 Å². The van der Waals surface area contributed by atoms with Crippen LogP contribution in [0.3, 0.4) is 0 Å². The van der Waals surface area contributed by atoms with E-state index in [1.54, 1.807) is 0 Å². The van der Waals surface area contributed by atoms with Crippen LogP contribution in [-0.2, 0) is 13.1 Å². The molecule has 2 N–H and O–H groups in total. The Morgan fingerprint density at radius 3 is 2.80 bits per heavy atom. The van der Waals surface area contributed by atoms with Gasteiger partial charge in [0.1, 0.15) is 0 Å². The van der Waals surface area contributed by atoms with Gasteiger partial charge in [-0.1, -0.05) is 0 Å². The SMILES string of the molecule is CCNC(=NCc1cc(Br)c2c(c1)OCO2)NCCn1cccc1.I. The number of guanidine groups is 1. The number of hydrogen-bond donors (Lipinski definition) is 2. The highest BCUT2D eigenvalue weighted by Gasteiger charge is 2.17. The Bertz CT molecular complexity index is 707. The van der Waals surface area contributed by atoms with Gasteiger partial charge in [-0.25, -0.2) is 4.99 Å². The van der Waals surface area contributed by atoms with Crippen molar-refractivity contribution in [3.05, 3.63) is 46.7 Å². The van der Waals surface area contributed by atoms with Gasteiger partial charge in [0.05, 0.1) is 11.0 Å². The molecule has 25 heavy (non-hydrogen) atoms. The van der Waals surface area contributed by atoms with Crippen LogP contribution in [0.15, 0.2) is 46.1 Å². The Morgan fingerprint density at radius 2 is 2.04 bits per heavy atom. The average Bonchev–Trinajstić information content (AvgIpc) is 3.24. The third-order valence-corrected chi connectivity index (χ3v) is 4.17. The van der Waals surface area contributed by atoms with Crippen LogP contribution in [0.1, 0.15) is 12.5 Å². The lowest BCUT2D eigenvalue weighted by molar-refractivity contribution is 0.173. The van der Waals surface area contributed by atoms with Crippen LogP contribution in [0.5, 0.6) is 11.5 Å². The molecule has 0 saturated heterocycles. The van der Waals surface area contributed by atoms with Crippen LogP contribution in [0.25, 0.3) is 0 Å². The standard InChI is InChI=1S/C17H21BrN4O2.HI/c1-2-19-17(20-5-8-22-6-3-4-7-22)21-11-13-9-14(18)16-15(10-13)23-12-24-16;/h3-4,6-7,9-10H,2,5,8,11-12H2,1H3,(H2,19,20,21);1H. The first-order valence-corrected chi connectivity index (χ1v) is 8.76. The van der Waals surface area contributed by atoms with Crippen molar-refractivity contribution in [1.82, 2.24) is 15.2 Å². The number of rotatable bonds is 6. The van der Waals surface area contributed by atoms with Crippen molar-refractivity contribution in [2.75, 3.05) is 19.9 Å². The lowest BCUT2D eigenvalue weighted by Crippen LogP contribution is -2.38. The molecule has 2 heterocycles. The predicted molar refractivity (Wildman–Crippen MR) is 113 cm³/mol. The summed E-state index contributed by atoms with van der Waals surface area (Å²) >= 11 is 3.51. The lowest BCUT2D eigenvalue weighted by atomic mass is 10.2. The summed E-state index contributed by atoms with van der Waals surface area (Å²) in [6.45, 7) is 5.41. The summed E-state index contributed by atoms with van der Waals surface area (Å²) in [6.07, 6.45) is 4.10. The summed E-state index contributed by atoms with van der Waals surface area (Å²) in [4.78, 5) is 4.64. The van der Waals surface area contributed by atoms with Gasteiger partial charge in [0.15, 0.2) is 17.5 Å². The van der Waals surface area contributed by atoms with E-state index in [0.29, 0.717) is 6.54 Å². The maximum absolute atomic E-state index is 5.45. The molecule has 0 fully saturated rings. The zero-order valence-corrected chi connectivity index (χ0v) is 17.9. The molecule has 1 aromatic carbocycles. The number of fused-ring (bicyclic) bond motifs is 1. The van der Waals surface area contributed by atoms with Crippen LogP contribution in [-0.4, -0.2) is 30.4 Å². The Labute approximate surface area is 173 Å². The first-order valence-electron chi connectivity index (χ1n) is 7.97. The van der Waals surface area contributed by atoms with E-state index in [9.17, 15) is 0 Å². The van der Waals surface area contributed by atoms with Gasteiger partial charge < -0.3 is 24.7 Å². The molecule has 0 radical (unpaired) electrons. The molecule has 1 aromatic heterocycles. The second-order valence-electron chi connectivity index (χ2n) is 5.35. The number of halogens is 2. The largest absolute Gasteiger partial charge is 0.454 e. The first-order chi connectivity index (χ1) is 11.8. The molecule has 1 aliphatic heterocycles. The Kier molecular flexibility index (Phi) is 7.89. The van der Waals surface area contributed by atoms with E-state index in [2.05, 4.69) is 55.4 Å². The van der Waals surface area contributed by atoms with Crippen LogP contribution in [0.4, 0.5) is 0 Å². The number of benzene rings is 1. The molecule has 0 aliphatic carbocycles. The molecule has 136 valence electrons. The van der Waals surface area contributed by atoms with E-state index < -0.39 is 0 Å². The number of nitrogens with zero attached hydrogens (tertiary/aromatic N) is 2. The highest BCUT2D eigenvalue weighted by molar-refractivity contribution is 14.0. The number of hydrogen-bond acceptors (Lipinski definition) is 3. The maximum atomic E-state index is 5.45. The number of aliphatic imine (C=N–C) groups is 1. The summed E-state index contributed by atoms with van der Waals surface area (Å²) in [7, 11) is 0. The minimum atomic E-state index is 0. The van der Waals surface area contributed by atoms with Gasteiger partial charge in [-0.3, -0.25) is 0 Å². The summed E-state index contributed by atoms with van der Waals surface area (Å²) in [6, 6.07) is 8.04. The Morgan fingerprint density at radius 1 is 1.24 bits per heavy atom. The summed E-state index contributed by atoms with van der Waals surface area (Å²) in [5.41, 5.74) is 1.06. The molecule has 0 saturated carbocycles. The van der Waals surface area contributed by atoms with Gasteiger partial charge in [-0.15, -0.1) is 24.0 Å². The monoisotopic (exact) mass is 520 g/mol. The minimum Gasteiger partial charge on any atom is -0.454 e. The van der Waals surface area contributed by atoms with E-state index >= 15 is 0 Å². The highest BCUT2D eigenvalue weighted by Crippen LogP contribution is 2.40. The molecule has 0 spiro atoms. The third kappa shape index (κ3) is 5.53. The summed E-state index contributed by atoms with van der Waals surface area (Å²) in [5.74, 6) is 2.33. The quantitative estimate of drug-likeness (QED) is 0.348. The van der Waals surface area contributed by atoms with E-state index in [1.807, 2.05) is 24.3 Å². The molecule has 1 aliphatic rings. The molecule has 0 atom stereocenters. The molecule has 0 amide bonds. The zero-order valence-electron chi connectivity index (χ0n) is 14.0. The highest BCUT2D eigenvalue weighted by atomic mass is 127. The minimum absolute atomic E-state index is 0. The van der Waals surface area contributed by atoms with Crippen molar-refractivity contribution in [3.63, 3.8) is 0 Å². The number of ether oxygens (including phenoxy) is 2. The van der Waals surface area contributed by atoms with E-state index in [0.717, 1.165) is 47.1 Å². The van der Waals surface area contributed by atoms with Gasteiger partial charge >= 0.3 is 0 Å². The maximum Gasteiger partial charge on any atom is 0.231 e. The topological polar surface area (TPSA) is 59.8 Å². The Hall–Kier alpha value is -1.42. The van der Waals surface area contributed by atoms with E-state index in [4.69, 9.17) is 9.47 Å². The second-order valence-corrected chi connectivity index (χ2v) is 6.21. The molecule has 0 bridgehead atoms. The summed E-state index contributed by atoms with van der Waals surface area (Å²) < 4.78 is 13.9. The fourth-order valence-electron chi connectivity index (χ4n) is 2.45. The number of nitrogens with one attached hydrogen (secondary N) is 2. The lowest BCUT2D eigenvalue weighted by Gasteiger charge is -2.12. The molecule has 8 heteroatoms. The van der Waals surface area contributed by atoms with Gasteiger partial charge in [0.25, 0.3) is 0 Å². The zero-order chi connectivity index (χ0) is 16.8. The molecule has 6 nitrogen and oxygen atoms in total. The van der Waals surface area contributed by atoms with Crippen molar-refractivity contribution in [3.8, 4) is 11.5 Å². The van der Waals surface area contributed by atoms with Gasteiger partial charge in [-0.2, -0.15) is 0 Å². The van der Waals surface area contributed by atoms with Crippen LogP contribution in [0, 0.1) is 0 Å². The molecular weight excluding hydrogens is 499 g/mol. The molecule has 3 rings (SSSR count). The normalized spacial score (nSPS) is 12.6. The van der Waals surface area contributed by atoms with Crippen molar-refractivity contribution in [2.24, 2.45) is 4.99 Å². The van der Waals surface area contributed by atoms with Crippen LogP contribution in [0.2, 0.25) is 0 Å². The van der Waals surface area contributed by atoms with Gasteiger partial charge in [0, 0.05) is 32.0 Å². The van der Waals surface area contributed by atoms with E-state index in [1.165, 1.54) is 0 Å². The molecule has 0 unspecified atom stereocenters. The van der Waals surface area contributed by atoms with Crippen LogP contribution >= 0.6 is 39.9 Å².